The minimum Gasteiger partial charge on any atom is -0.306 e. The smallest absolute Gasteiger partial charge is 0.257 e. The predicted molar refractivity (Wildman–Crippen MR) is 110 cm³/mol. The quantitative estimate of drug-likeness (QED) is 0.620. The fraction of sp³-hybridized carbons (Fsp3) is 0.200. The van der Waals surface area contributed by atoms with E-state index in [1.807, 2.05) is 40.7 Å². The van der Waals surface area contributed by atoms with Crippen molar-refractivity contribution in [3.05, 3.63) is 74.9 Å². The summed E-state index contributed by atoms with van der Waals surface area (Å²) in [6.45, 7) is 4.15. The molecule has 1 N–H and O–H groups in total. The van der Waals surface area contributed by atoms with Gasteiger partial charge in [-0.1, -0.05) is 29.8 Å². The van der Waals surface area contributed by atoms with Crippen molar-refractivity contribution in [2.75, 3.05) is 5.32 Å². The highest BCUT2D eigenvalue weighted by atomic mass is 79.9. The average Bonchev–Trinajstić information content (AvgIpc) is 3.18. The van der Waals surface area contributed by atoms with Crippen molar-refractivity contribution in [2.24, 2.45) is 0 Å². The van der Waals surface area contributed by atoms with Crippen molar-refractivity contribution in [3.63, 3.8) is 0 Å². The molecule has 0 aliphatic carbocycles. The number of hydrogen-bond acceptors (Lipinski definition) is 3. The first-order valence-electron chi connectivity index (χ1n) is 8.36. The van der Waals surface area contributed by atoms with Gasteiger partial charge in [0.2, 0.25) is 0 Å². The molecule has 0 atom stereocenters. The van der Waals surface area contributed by atoms with Gasteiger partial charge in [-0.3, -0.25) is 4.79 Å². The van der Waals surface area contributed by atoms with Gasteiger partial charge in [0.05, 0.1) is 16.9 Å². The summed E-state index contributed by atoms with van der Waals surface area (Å²) in [7, 11) is 0. The van der Waals surface area contributed by atoms with Gasteiger partial charge in [-0.2, -0.15) is 16.9 Å². The van der Waals surface area contributed by atoms with Gasteiger partial charge in [0.1, 0.15) is 5.82 Å². The van der Waals surface area contributed by atoms with E-state index in [0.29, 0.717) is 5.56 Å². The summed E-state index contributed by atoms with van der Waals surface area (Å²) >= 11 is 5.28. The van der Waals surface area contributed by atoms with Gasteiger partial charge < -0.3 is 5.32 Å². The van der Waals surface area contributed by atoms with Gasteiger partial charge in [0.15, 0.2) is 0 Å². The number of hydrogen-bond donors (Lipinski definition) is 1. The van der Waals surface area contributed by atoms with Crippen molar-refractivity contribution >= 4 is 39.4 Å². The molecule has 1 aromatic heterocycles. The number of thioether (sulfide) groups is 1. The fourth-order valence-corrected chi connectivity index (χ4v) is 4.68. The van der Waals surface area contributed by atoms with Crippen LogP contribution in [0.15, 0.2) is 46.9 Å². The van der Waals surface area contributed by atoms with Crippen molar-refractivity contribution < 1.29 is 4.79 Å². The zero-order valence-electron chi connectivity index (χ0n) is 14.5. The highest BCUT2D eigenvalue weighted by Gasteiger charge is 2.25. The average molecular weight is 428 g/mol. The number of fused-ring (bicyclic) bond motifs is 1. The van der Waals surface area contributed by atoms with E-state index in [1.54, 1.807) is 0 Å². The SMILES string of the molecule is Cc1ccc(-n2nc3c(c2NC(=O)c2ccccc2Br)CSC3)c(C)c1. The van der Waals surface area contributed by atoms with Crippen LogP contribution in [-0.4, -0.2) is 15.7 Å². The third-order valence-electron chi connectivity index (χ3n) is 4.48. The second-order valence-electron chi connectivity index (χ2n) is 6.40. The number of nitrogens with zero attached hydrogens (tertiary/aromatic N) is 2. The maximum Gasteiger partial charge on any atom is 0.257 e. The maximum atomic E-state index is 12.9. The Balaban J connectivity index is 1.78. The summed E-state index contributed by atoms with van der Waals surface area (Å²) in [5.41, 5.74) is 6.13. The first-order valence-corrected chi connectivity index (χ1v) is 10.3. The van der Waals surface area contributed by atoms with E-state index in [-0.39, 0.29) is 5.91 Å². The Kier molecular flexibility index (Phi) is 4.63. The molecular weight excluding hydrogens is 410 g/mol. The lowest BCUT2D eigenvalue weighted by atomic mass is 10.1. The minimum absolute atomic E-state index is 0.136. The van der Waals surface area contributed by atoms with E-state index in [0.717, 1.165) is 44.3 Å². The first-order chi connectivity index (χ1) is 12.5. The summed E-state index contributed by atoms with van der Waals surface area (Å²) in [4.78, 5) is 12.9. The molecule has 0 saturated heterocycles. The molecule has 0 saturated carbocycles. The molecule has 0 unspecified atom stereocenters. The van der Waals surface area contributed by atoms with Crippen molar-refractivity contribution in [1.82, 2.24) is 9.78 Å². The molecule has 0 radical (unpaired) electrons. The monoisotopic (exact) mass is 427 g/mol. The molecule has 1 amide bonds. The summed E-state index contributed by atoms with van der Waals surface area (Å²) in [5.74, 6) is 2.39. The van der Waals surface area contributed by atoms with Crippen LogP contribution in [0.4, 0.5) is 5.82 Å². The lowest BCUT2D eigenvalue weighted by Gasteiger charge is -2.14. The van der Waals surface area contributed by atoms with Crippen LogP contribution in [0.2, 0.25) is 0 Å². The van der Waals surface area contributed by atoms with Crippen molar-refractivity contribution in [3.8, 4) is 5.69 Å². The molecule has 1 aliphatic rings. The molecule has 4 nitrogen and oxygen atoms in total. The highest BCUT2D eigenvalue weighted by Crippen LogP contribution is 2.37. The van der Waals surface area contributed by atoms with Crippen molar-refractivity contribution in [1.29, 1.82) is 0 Å². The van der Waals surface area contributed by atoms with Crippen LogP contribution < -0.4 is 5.32 Å². The Labute approximate surface area is 165 Å². The van der Waals surface area contributed by atoms with Gasteiger partial charge in [-0.05, 0) is 53.5 Å². The number of anilines is 1. The van der Waals surface area contributed by atoms with Crippen LogP contribution in [0.5, 0.6) is 0 Å². The summed E-state index contributed by atoms with van der Waals surface area (Å²) in [6, 6.07) is 13.7. The van der Waals surface area contributed by atoms with E-state index in [4.69, 9.17) is 5.10 Å². The zero-order valence-corrected chi connectivity index (χ0v) is 16.9. The third kappa shape index (κ3) is 3.08. The number of benzene rings is 2. The Hall–Kier alpha value is -2.05. The van der Waals surface area contributed by atoms with Crippen LogP contribution in [0, 0.1) is 13.8 Å². The topological polar surface area (TPSA) is 46.9 Å². The molecular formula is C20H18BrN3OS. The number of nitrogens with one attached hydrogen (secondary N) is 1. The van der Waals surface area contributed by atoms with Gasteiger partial charge in [0, 0.05) is 21.5 Å². The molecule has 3 aromatic rings. The third-order valence-corrected chi connectivity index (χ3v) is 6.14. The number of aryl methyl sites for hydroxylation is 2. The summed E-state index contributed by atoms with van der Waals surface area (Å²) in [6.07, 6.45) is 0. The lowest BCUT2D eigenvalue weighted by Crippen LogP contribution is -2.17. The van der Waals surface area contributed by atoms with Crippen LogP contribution in [-0.2, 0) is 11.5 Å². The molecule has 0 bridgehead atoms. The van der Waals surface area contributed by atoms with Crippen LogP contribution >= 0.6 is 27.7 Å². The molecule has 4 rings (SSSR count). The van der Waals surface area contributed by atoms with Crippen LogP contribution in [0.1, 0.15) is 32.7 Å². The number of aromatic nitrogens is 2. The number of carbonyl (C=O) groups excluding carboxylic acids is 1. The second kappa shape index (κ2) is 6.93. The molecule has 132 valence electrons. The fourth-order valence-electron chi connectivity index (χ4n) is 3.18. The van der Waals surface area contributed by atoms with Gasteiger partial charge in [-0.25, -0.2) is 4.68 Å². The number of amides is 1. The molecule has 2 heterocycles. The molecule has 26 heavy (non-hydrogen) atoms. The van der Waals surface area contributed by atoms with Crippen LogP contribution in [0.25, 0.3) is 5.69 Å². The molecule has 0 fully saturated rings. The normalized spacial score (nSPS) is 12.9. The van der Waals surface area contributed by atoms with E-state index < -0.39 is 0 Å². The summed E-state index contributed by atoms with van der Waals surface area (Å²) in [5, 5.41) is 7.90. The molecule has 6 heteroatoms. The second-order valence-corrected chi connectivity index (χ2v) is 8.24. The van der Waals surface area contributed by atoms with E-state index >= 15 is 0 Å². The predicted octanol–water partition coefficient (Wildman–Crippen LogP) is 5.25. The minimum atomic E-state index is -0.136. The number of rotatable bonds is 3. The Bertz CT molecular complexity index is 1010. The molecule has 1 aliphatic heterocycles. The maximum absolute atomic E-state index is 12.9. The van der Waals surface area contributed by atoms with Crippen molar-refractivity contribution in [2.45, 2.75) is 25.4 Å². The standard InChI is InChI=1S/C20H18BrN3OS/c1-12-7-8-18(13(2)9-12)24-19(15-10-26-11-17(15)23-24)22-20(25)14-5-3-4-6-16(14)21/h3-9H,10-11H2,1-2H3,(H,22,25). The van der Waals surface area contributed by atoms with E-state index in [2.05, 4.69) is 53.3 Å². The molecule has 0 spiro atoms. The zero-order chi connectivity index (χ0) is 18.3. The van der Waals surface area contributed by atoms with Crippen LogP contribution in [0.3, 0.4) is 0 Å². The number of carbonyl (C=O) groups is 1. The van der Waals surface area contributed by atoms with E-state index in [1.165, 1.54) is 5.56 Å². The lowest BCUT2D eigenvalue weighted by molar-refractivity contribution is 0.102. The van der Waals surface area contributed by atoms with Gasteiger partial charge >= 0.3 is 0 Å². The highest BCUT2D eigenvalue weighted by molar-refractivity contribution is 9.10. The number of halogens is 1. The Morgan fingerprint density at radius 2 is 2.00 bits per heavy atom. The first kappa shape index (κ1) is 17.4. The summed E-state index contributed by atoms with van der Waals surface area (Å²) < 4.78 is 2.66. The Morgan fingerprint density at radius 1 is 1.19 bits per heavy atom. The largest absolute Gasteiger partial charge is 0.306 e. The van der Waals surface area contributed by atoms with E-state index in [9.17, 15) is 4.79 Å². The van der Waals surface area contributed by atoms with Gasteiger partial charge in [0.25, 0.3) is 5.91 Å². The van der Waals surface area contributed by atoms with Gasteiger partial charge in [-0.15, -0.1) is 0 Å². The Morgan fingerprint density at radius 3 is 2.77 bits per heavy atom. The molecule has 2 aromatic carbocycles.